The SMILES string of the molecule is C#CCOc1ccc2cn[nH]c2c1. The number of hydrogen-bond donors (Lipinski definition) is 1. The van der Waals surface area contributed by atoms with Crippen molar-refractivity contribution in [1.29, 1.82) is 0 Å². The van der Waals surface area contributed by atoms with Gasteiger partial charge in [0.15, 0.2) is 0 Å². The third kappa shape index (κ3) is 1.47. The van der Waals surface area contributed by atoms with E-state index in [0.29, 0.717) is 6.61 Å². The normalized spacial score (nSPS) is 9.77. The van der Waals surface area contributed by atoms with E-state index in [1.807, 2.05) is 18.2 Å². The molecule has 1 aromatic carbocycles. The molecule has 0 aliphatic rings. The Morgan fingerprint density at radius 3 is 3.31 bits per heavy atom. The number of terminal acetylenes is 1. The molecule has 0 atom stereocenters. The molecule has 13 heavy (non-hydrogen) atoms. The van der Waals surface area contributed by atoms with Gasteiger partial charge >= 0.3 is 0 Å². The van der Waals surface area contributed by atoms with Crippen molar-refractivity contribution in [3.63, 3.8) is 0 Å². The predicted molar refractivity (Wildman–Crippen MR) is 50.4 cm³/mol. The maximum atomic E-state index is 5.25. The van der Waals surface area contributed by atoms with Crippen LogP contribution in [-0.4, -0.2) is 16.8 Å². The second kappa shape index (κ2) is 3.20. The Morgan fingerprint density at radius 1 is 1.54 bits per heavy atom. The van der Waals surface area contributed by atoms with E-state index in [9.17, 15) is 0 Å². The van der Waals surface area contributed by atoms with Crippen LogP contribution in [0.1, 0.15) is 0 Å². The van der Waals surface area contributed by atoms with Gasteiger partial charge in [0, 0.05) is 11.5 Å². The lowest BCUT2D eigenvalue weighted by Gasteiger charge is -2.00. The van der Waals surface area contributed by atoms with Crippen LogP contribution in [0.3, 0.4) is 0 Å². The fourth-order valence-corrected chi connectivity index (χ4v) is 1.13. The first kappa shape index (κ1) is 7.69. The van der Waals surface area contributed by atoms with E-state index >= 15 is 0 Å². The summed E-state index contributed by atoms with van der Waals surface area (Å²) in [4.78, 5) is 0. The number of rotatable bonds is 2. The number of hydrogen-bond acceptors (Lipinski definition) is 2. The average molecular weight is 172 g/mol. The molecule has 1 N–H and O–H groups in total. The maximum absolute atomic E-state index is 5.25. The second-order valence-electron chi connectivity index (χ2n) is 2.61. The lowest BCUT2D eigenvalue weighted by Crippen LogP contribution is -1.92. The van der Waals surface area contributed by atoms with Crippen LogP contribution in [0.4, 0.5) is 0 Å². The third-order valence-corrected chi connectivity index (χ3v) is 1.74. The van der Waals surface area contributed by atoms with Crippen LogP contribution in [-0.2, 0) is 0 Å². The number of nitrogens with one attached hydrogen (secondary N) is 1. The van der Waals surface area contributed by atoms with Crippen molar-refractivity contribution >= 4 is 10.9 Å². The molecule has 0 radical (unpaired) electrons. The van der Waals surface area contributed by atoms with Gasteiger partial charge in [0.05, 0.1) is 11.7 Å². The number of fused-ring (bicyclic) bond motifs is 1. The molecule has 0 saturated heterocycles. The van der Waals surface area contributed by atoms with Gasteiger partial charge in [0.1, 0.15) is 12.4 Å². The molecule has 3 heteroatoms. The van der Waals surface area contributed by atoms with Crippen molar-refractivity contribution in [2.45, 2.75) is 0 Å². The summed E-state index contributed by atoms with van der Waals surface area (Å²) in [5.74, 6) is 3.17. The summed E-state index contributed by atoms with van der Waals surface area (Å²) < 4.78 is 5.25. The third-order valence-electron chi connectivity index (χ3n) is 1.74. The number of H-pyrrole nitrogens is 1. The smallest absolute Gasteiger partial charge is 0.148 e. The topological polar surface area (TPSA) is 37.9 Å². The van der Waals surface area contributed by atoms with Crippen molar-refractivity contribution < 1.29 is 4.74 Å². The van der Waals surface area contributed by atoms with E-state index in [1.54, 1.807) is 6.20 Å². The van der Waals surface area contributed by atoms with Crippen LogP contribution in [0.2, 0.25) is 0 Å². The van der Waals surface area contributed by atoms with E-state index in [-0.39, 0.29) is 0 Å². The highest BCUT2D eigenvalue weighted by Gasteiger charge is 1.97. The highest BCUT2D eigenvalue weighted by atomic mass is 16.5. The summed E-state index contributed by atoms with van der Waals surface area (Å²) in [6.07, 6.45) is 6.84. The molecule has 1 aromatic heterocycles. The summed E-state index contributed by atoms with van der Waals surface area (Å²) in [7, 11) is 0. The number of nitrogens with zero attached hydrogens (tertiary/aromatic N) is 1. The summed E-state index contributed by atoms with van der Waals surface area (Å²) in [6, 6.07) is 5.68. The minimum absolute atomic E-state index is 0.291. The van der Waals surface area contributed by atoms with E-state index in [4.69, 9.17) is 11.2 Å². The van der Waals surface area contributed by atoms with Crippen molar-refractivity contribution in [2.24, 2.45) is 0 Å². The van der Waals surface area contributed by atoms with Crippen LogP contribution in [0.15, 0.2) is 24.4 Å². The van der Waals surface area contributed by atoms with Crippen molar-refractivity contribution in [1.82, 2.24) is 10.2 Å². The quantitative estimate of drug-likeness (QED) is 0.698. The zero-order valence-electron chi connectivity index (χ0n) is 6.95. The molecule has 64 valence electrons. The molecule has 2 rings (SSSR count). The van der Waals surface area contributed by atoms with E-state index in [2.05, 4.69) is 16.1 Å². The van der Waals surface area contributed by atoms with Crippen LogP contribution in [0.5, 0.6) is 5.75 Å². The van der Waals surface area contributed by atoms with Gasteiger partial charge in [-0.2, -0.15) is 5.10 Å². The van der Waals surface area contributed by atoms with Crippen LogP contribution in [0, 0.1) is 12.3 Å². The van der Waals surface area contributed by atoms with Crippen LogP contribution >= 0.6 is 0 Å². The highest BCUT2D eigenvalue weighted by Crippen LogP contribution is 2.17. The molecule has 0 fully saturated rings. The molecule has 0 aliphatic heterocycles. The van der Waals surface area contributed by atoms with E-state index < -0.39 is 0 Å². The molecular weight excluding hydrogens is 164 g/mol. The van der Waals surface area contributed by atoms with Gasteiger partial charge < -0.3 is 4.74 Å². The van der Waals surface area contributed by atoms with Crippen LogP contribution in [0.25, 0.3) is 10.9 Å². The molecular formula is C10H8N2O. The number of ether oxygens (including phenoxy) is 1. The standard InChI is InChI=1S/C10H8N2O/c1-2-5-13-9-4-3-8-7-11-12-10(8)6-9/h1,3-4,6-7H,5H2,(H,11,12). The molecule has 2 aromatic rings. The minimum Gasteiger partial charge on any atom is -0.481 e. The molecule has 3 nitrogen and oxygen atoms in total. The first-order chi connectivity index (χ1) is 6.40. The molecule has 1 heterocycles. The van der Waals surface area contributed by atoms with Crippen LogP contribution < -0.4 is 4.74 Å². The summed E-state index contributed by atoms with van der Waals surface area (Å²) in [6.45, 7) is 0.291. The first-order valence-electron chi connectivity index (χ1n) is 3.89. The fourth-order valence-electron chi connectivity index (χ4n) is 1.13. The fraction of sp³-hybridized carbons (Fsp3) is 0.100. The van der Waals surface area contributed by atoms with Gasteiger partial charge in [-0.1, -0.05) is 5.92 Å². The van der Waals surface area contributed by atoms with Gasteiger partial charge in [-0.05, 0) is 12.1 Å². The van der Waals surface area contributed by atoms with Crippen molar-refractivity contribution in [3.8, 4) is 18.1 Å². The molecule has 0 bridgehead atoms. The monoisotopic (exact) mass is 172 g/mol. The average Bonchev–Trinajstić information content (AvgIpc) is 2.61. The minimum atomic E-state index is 0.291. The Hall–Kier alpha value is -1.95. The first-order valence-corrected chi connectivity index (χ1v) is 3.89. The molecule has 0 amide bonds. The Morgan fingerprint density at radius 2 is 2.46 bits per heavy atom. The van der Waals surface area contributed by atoms with Crippen molar-refractivity contribution in [3.05, 3.63) is 24.4 Å². The Kier molecular flexibility index (Phi) is 1.89. The van der Waals surface area contributed by atoms with Gasteiger partial charge in [0.2, 0.25) is 0 Å². The van der Waals surface area contributed by atoms with Gasteiger partial charge in [-0.15, -0.1) is 6.42 Å². The molecule has 0 unspecified atom stereocenters. The van der Waals surface area contributed by atoms with Crippen molar-refractivity contribution in [2.75, 3.05) is 6.61 Å². The zero-order chi connectivity index (χ0) is 9.10. The highest BCUT2D eigenvalue weighted by molar-refractivity contribution is 5.79. The summed E-state index contributed by atoms with van der Waals surface area (Å²) >= 11 is 0. The Bertz CT molecular complexity index is 453. The number of aromatic nitrogens is 2. The number of benzene rings is 1. The van der Waals surface area contributed by atoms with Gasteiger partial charge in [0.25, 0.3) is 0 Å². The van der Waals surface area contributed by atoms with Gasteiger partial charge in [-0.3, -0.25) is 5.10 Å². The maximum Gasteiger partial charge on any atom is 0.148 e. The lowest BCUT2D eigenvalue weighted by atomic mass is 10.2. The van der Waals surface area contributed by atoms with E-state index in [1.165, 1.54) is 0 Å². The number of aromatic amines is 1. The zero-order valence-corrected chi connectivity index (χ0v) is 6.95. The summed E-state index contributed by atoms with van der Waals surface area (Å²) in [5.41, 5.74) is 0.953. The van der Waals surface area contributed by atoms with Gasteiger partial charge in [-0.25, -0.2) is 0 Å². The lowest BCUT2D eigenvalue weighted by molar-refractivity contribution is 0.371. The Balaban J connectivity index is 2.33. The largest absolute Gasteiger partial charge is 0.481 e. The predicted octanol–water partition coefficient (Wildman–Crippen LogP) is 1.57. The summed E-state index contributed by atoms with van der Waals surface area (Å²) in [5, 5.41) is 7.82. The van der Waals surface area contributed by atoms with E-state index in [0.717, 1.165) is 16.7 Å². The molecule has 0 saturated carbocycles. The molecule has 0 spiro atoms. The molecule has 0 aliphatic carbocycles. The second-order valence-corrected chi connectivity index (χ2v) is 2.61. The Labute approximate surface area is 75.7 Å².